The van der Waals surface area contributed by atoms with Crippen LogP contribution in [0.25, 0.3) is 21.8 Å². The molecule has 2 fully saturated rings. The molecule has 2 saturated heterocycles. The SMILES string of the molecule is CCOCC1CCN(C(=O)c2cc3c(cc2C)[nH]c(=O)c2cnn(C4CCN(C)CC4)c23)CC1.Cl. The molecule has 2 aromatic heterocycles. The summed E-state index contributed by atoms with van der Waals surface area (Å²) in [6.45, 7) is 9.00. The van der Waals surface area contributed by atoms with Crippen molar-refractivity contribution in [2.75, 3.05) is 46.4 Å². The predicted octanol–water partition coefficient (Wildman–Crippen LogP) is 3.76. The maximum atomic E-state index is 13.5. The highest BCUT2D eigenvalue weighted by molar-refractivity contribution is 6.07. The zero-order valence-corrected chi connectivity index (χ0v) is 21.7. The van der Waals surface area contributed by atoms with Crippen LogP contribution in [0.4, 0.5) is 0 Å². The smallest absolute Gasteiger partial charge is 0.259 e. The summed E-state index contributed by atoms with van der Waals surface area (Å²) in [7, 11) is 2.14. The lowest BCUT2D eigenvalue weighted by Crippen LogP contribution is -2.39. The molecule has 0 atom stereocenters. The van der Waals surface area contributed by atoms with Gasteiger partial charge in [0.1, 0.15) is 0 Å². The highest BCUT2D eigenvalue weighted by Gasteiger charge is 2.27. The van der Waals surface area contributed by atoms with Crippen LogP contribution in [0.3, 0.4) is 0 Å². The van der Waals surface area contributed by atoms with Crippen LogP contribution in [-0.2, 0) is 4.74 Å². The molecule has 0 bridgehead atoms. The number of carbonyl (C=O) groups excluding carboxylic acids is 1. The van der Waals surface area contributed by atoms with Crippen LogP contribution in [0.15, 0.2) is 23.1 Å². The van der Waals surface area contributed by atoms with E-state index in [1.165, 1.54) is 0 Å². The summed E-state index contributed by atoms with van der Waals surface area (Å²) < 4.78 is 7.62. The molecule has 1 N–H and O–H groups in total. The Kier molecular flexibility index (Phi) is 7.83. The Bertz CT molecular complexity index is 1250. The van der Waals surface area contributed by atoms with Crippen LogP contribution in [0.1, 0.15) is 54.6 Å². The highest BCUT2D eigenvalue weighted by Crippen LogP contribution is 2.31. The molecule has 2 aliphatic rings. The first-order valence-corrected chi connectivity index (χ1v) is 12.6. The summed E-state index contributed by atoms with van der Waals surface area (Å²) in [4.78, 5) is 33.7. The number of H-pyrrole nitrogens is 1. The molecule has 8 nitrogen and oxygen atoms in total. The van der Waals surface area contributed by atoms with Crippen molar-refractivity contribution in [1.29, 1.82) is 0 Å². The fourth-order valence-corrected chi connectivity index (χ4v) is 5.50. The first-order valence-electron chi connectivity index (χ1n) is 12.6. The number of likely N-dealkylation sites (tertiary alicyclic amines) is 2. The van der Waals surface area contributed by atoms with E-state index in [0.29, 0.717) is 16.9 Å². The second kappa shape index (κ2) is 10.7. The first kappa shape index (κ1) is 25.7. The average Bonchev–Trinajstić information content (AvgIpc) is 3.29. The number of rotatable bonds is 5. The molecule has 4 heterocycles. The van der Waals surface area contributed by atoms with Crippen molar-refractivity contribution in [3.05, 3.63) is 39.8 Å². The van der Waals surface area contributed by atoms with Crippen LogP contribution >= 0.6 is 12.4 Å². The van der Waals surface area contributed by atoms with E-state index in [2.05, 4.69) is 22.0 Å². The van der Waals surface area contributed by atoms with Crippen molar-refractivity contribution in [2.45, 2.75) is 45.6 Å². The molecule has 0 unspecified atom stereocenters. The summed E-state index contributed by atoms with van der Waals surface area (Å²) in [5, 5.41) is 6.13. The third-order valence-corrected chi connectivity index (χ3v) is 7.63. The van der Waals surface area contributed by atoms with E-state index in [4.69, 9.17) is 4.74 Å². The Morgan fingerprint density at radius 2 is 1.83 bits per heavy atom. The second-order valence-corrected chi connectivity index (χ2v) is 9.95. The van der Waals surface area contributed by atoms with Crippen molar-refractivity contribution in [2.24, 2.45) is 5.92 Å². The van der Waals surface area contributed by atoms with Gasteiger partial charge in [-0.1, -0.05) is 0 Å². The predicted molar refractivity (Wildman–Crippen MR) is 141 cm³/mol. The third kappa shape index (κ3) is 4.97. The van der Waals surface area contributed by atoms with Gasteiger partial charge < -0.3 is 19.5 Å². The van der Waals surface area contributed by atoms with Crippen LogP contribution in [0.2, 0.25) is 0 Å². The van der Waals surface area contributed by atoms with Crippen molar-refractivity contribution in [3.8, 4) is 0 Å². The van der Waals surface area contributed by atoms with Gasteiger partial charge in [-0.25, -0.2) is 0 Å². The number of hydrogen-bond donors (Lipinski definition) is 1. The zero-order valence-electron chi connectivity index (χ0n) is 20.9. The summed E-state index contributed by atoms with van der Waals surface area (Å²) in [6, 6.07) is 4.17. The van der Waals surface area contributed by atoms with Crippen LogP contribution in [0.5, 0.6) is 0 Å². The molecule has 0 saturated carbocycles. The van der Waals surface area contributed by atoms with E-state index in [1.54, 1.807) is 6.20 Å². The number of hydrogen-bond acceptors (Lipinski definition) is 5. The number of amides is 1. The van der Waals surface area contributed by atoms with Gasteiger partial charge in [0, 0.05) is 37.3 Å². The van der Waals surface area contributed by atoms with E-state index < -0.39 is 0 Å². The maximum absolute atomic E-state index is 13.5. The standard InChI is InChI=1S/C26H35N5O3.ClH/c1-4-34-16-18-5-11-30(12-6-18)26(33)20-14-21-23(13-17(20)2)28-25(32)22-15-27-31(24(21)22)19-7-9-29(3)10-8-19;/h13-15,18-19H,4-12,16H2,1-3H3,(H,28,32);1H. The van der Waals surface area contributed by atoms with Crippen molar-refractivity contribution >= 4 is 40.1 Å². The molecule has 5 rings (SSSR count). The number of aryl methyl sites for hydroxylation is 1. The van der Waals surface area contributed by atoms with Gasteiger partial charge in [0.25, 0.3) is 11.5 Å². The Labute approximate surface area is 212 Å². The third-order valence-electron chi connectivity index (χ3n) is 7.63. The molecule has 0 spiro atoms. The Morgan fingerprint density at radius 3 is 2.51 bits per heavy atom. The number of nitrogens with zero attached hydrogens (tertiary/aromatic N) is 4. The van der Waals surface area contributed by atoms with Gasteiger partial charge in [-0.3, -0.25) is 14.3 Å². The van der Waals surface area contributed by atoms with E-state index in [9.17, 15) is 9.59 Å². The fourth-order valence-electron chi connectivity index (χ4n) is 5.50. The average molecular weight is 502 g/mol. The normalized spacial score (nSPS) is 18.3. The summed E-state index contributed by atoms with van der Waals surface area (Å²) in [5.41, 5.74) is 3.07. The number of aromatic nitrogens is 3. The van der Waals surface area contributed by atoms with Gasteiger partial charge in [-0.15, -0.1) is 12.4 Å². The number of fused-ring (bicyclic) bond motifs is 3. The minimum atomic E-state index is -0.128. The van der Waals surface area contributed by atoms with Gasteiger partial charge >= 0.3 is 0 Å². The number of ether oxygens (including phenoxy) is 1. The number of pyridine rings is 1. The molecule has 9 heteroatoms. The van der Waals surface area contributed by atoms with Crippen molar-refractivity contribution in [1.82, 2.24) is 24.6 Å². The minimum Gasteiger partial charge on any atom is -0.381 e. The summed E-state index contributed by atoms with van der Waals surface area (Å²) >= 11 is 0. The zero-order chi connectivity index (χ0) is 23.8. The van der Waals surface area contributed by atoms with E-state index in [-0.39, 0.29) is 29.9 Å². The number of carbonyl (C=O) groups is 1. The molecule has 0 radical (unpaired) electrons. The molecular formula is C26H36ClN5O3. The Balaban J connectivity index is 0.00000289. The molecule has 1 aromatic carbocycles. The van der Waals surface area contributed by atoms with Gasteiger partial charge in [0.15, 0.2) is 0 Å². The fraction of sp³-hybridized carbons (Fsp3) is 0.577. The monoisotopic (exact) mass is 501 g/mol. The summed E-state index contributed by atoms with van der Waals surface area (Å²) in [5.74, 6) is 0.592. The van der Waals surface area contributed by atoms with Gasteiger partial charge in [-0.05, 0) is 83.3 Å². The minimum absolute atomic E-state index is 0. The topological polar surface area (TPSA) is 83.5 Å². The Hall–Kier alpha value is -2.42. The van der Waals surface area contributed by atoms with Crippen LogP contribution in [0, 0.1) is 12.8 Å². The van der Waals surface area contributed by atoms with Crippen molar-refractivity contribution < 1.29 is 9.53 Å². The number of halogens is 1. The molecule has 190 valence electrons. The van der Waals surface area contributed by atoms with Gasteiger partial charge in [-0.2, -0.15) is 5.10 Å². The highest BCUT2D eigenvalue weighted by atomic mass is 35.5. The van der Waals surface area contributed by atoms with E-state index >= 15 is 0 Å². The lowest BCUT2D eigenvalue weighted by Gasteiger charge is -2.32. The molecule has 35 heavy (non-hydrogen) atoms. The van der Waals surface area contributed by atoms with Gasteiger partial charge in [0.2, 0.25) is 0 Å². The molecular weight excluding hydrogens is 466 g/mol. The number of piperidine rings is 2. The van der Waals surface area contributed by atoms with E-state index in [0.717, 1.165) is 87.1 Å². The quantitative estimate of drug-likeness (QED) is 0.575. The van der Waals surface area contributed by atoms with E-state index in [1.807, 2.05) is 35.6 Å². The van der Waals surface area contributed by atoms with Crippen molar-refractivity contribution in [3.63, 3.8) is 0 Å². The lowest BCUT2D eigenvalue weighted by molar-refractivity contribution is 0.0551. The molecule has 3 aromatic rings. The van der Waals surface area contributed by atoms with Crippen LogP contribution in [-0.4, -0.2) is 76.9 Å². The largest absolute Gasteiger partial charge is 0.381 e. The van der Waals surface area contributed by atoms with Gasteiger partial charge in [0.05, 0.1) is 28.7 Å². The molecule has 2 aliphatic heterocycles. The second-order valence-electron chi connectivity index (χ2n) is 9.95. The molecule has 0 aliphatic carbocycles. The van der Waals surface area contributed by atoms with Crippen LogP contribution < -0.4 is 5.56 Å². The Morgan fingerprint density at radius 1 is 1.11 bits per heavy atom. The first-order chi connectivity index (χ1) is 16.5. The number of benzene rings is 1. The lowest BCUT2D eigenvalue weighted by atomic mass is 9.96. The summed E-state index contributed by atoms with van der Waals surface area (Å²) in [6.07, 6.45) is 5.61. The molecule has 1 amide bonds. The maximum Gasteiger partial charge on any atom is 0.259 e. The number of nitrogens with one attached hydrogen (secondary N) is 1. The number of aromatic amines is 1.